The summed E-state index contributed by atoms with van der Waals surface area (Å²) in [5, 5.41) is 0. The highest BCUT2D eigenvalue weighted by Gasteiger charge is 2.23. The van der Waals surface area contributed by atoms with E-state index in [-0.39, 0.29) is 84.7 Å². The van der Waals surface area contributed by atoms with Gasteiger partial charge in [-0.05, 0) is 71.8 Å². The first-order valence-electron chi connectivity index (χ1n) is 26.4. The second-order valence-corrected chi connectivity index (χ2v) is 22.7. The Kier molecular flexibility index (Phi) is 44.8. The number of ether oxygens (including phenoxy) is 2. The van der Waals surface area contributed by atoms with Crippen LogP contribution in [0.5, 0.6) is 0 Å². The number of esters is 2. The van der Waals surface area contributed by atoms with Gasteiger partial charge < -0.3 is 38.1 Å². The molecule has 1 aromatic rings. The number of benzene rings is 1. The summed E-state index contributed by atoms with van der Waals surface area (Å²) in [7, 11) is 0. The van der Waals surface area contributed by atoms with Gasteiger partial charge in [0.25, 0.3) is 0 Å². The van der Waals surface area contributed by atoms with Crippen molar-refractivity contribution in [3.63, 3.8) is 0 Å². The highest BCUT2D eigenvalue weighted by molar-refractivity contribution is 5.87. The molecule has 0 aliphatic heterocycles. The first kappa shape index (κ1) is 77.3. The highest BCUT2D eigenvalue weighted by atomic mass is 16.5. The van der Waals surface area contributed by atoms with Crippen LogP contribution in [-0.4, -0.2) is 78.5 Å². The quantitative estimate of drug-likeness (QED) is 0.0428. The molecule has 0 radical (unpaired) electrons. The topological polar surface area (TPSA) is 251 Å². The SMILES string of the molecule is C.C=C(C(C)C)C(N)C(C)C(C)C.CC(C)C(=O)C(N)Cc1ccc(C(C)C)cc1.CC(C)CC(N)C(=O)C(C)C.CC(C)COC(=O)C(N)CC(=O)C(C)C.CC(C)COC(=O)C(N)CCC(=O)C(C)C. The average Bonchev–Trinajstić information content (AvgIpc) is 3.27. The van der Waals surface area contributed by atoms with Gasteiger partial charge in [-0.2, -0.15) is 0 Å². The minimum absolute atomic E-state index is 0. The molecule has 0 bridgehead atoms. The maximum Gasteiger partial charge on any atom is 0.323 e. The Morgan fingerprint density at radius 2 is 0.903 bits per heavy atom. The summed E-state index contributed by atoms with van der Waals surface area (Å²) in [4.78, 5) is 68.3. The van der Waals surface area contributed by atoms with E-state index in [9.17, 15) is 28.8 Å². The fourth-order valence-corrected chi connectivity index (χ4v) is 5.96. The van der Waals surface area contributed by atoms with Crippen molar-refractivity contribution in [3.05, 3.63) is 47.5 Å². The largest absolute Gasteiger partial charge is 0.464 e. The summed E-state index contributed by atoms with van der Waals surface area (Å²) in [5.74, 6) is 2.82. The number of carbonyl (C=O) groups is 6. The molecule has 0 saturated heterocycles. The monoisotopic (exact) mass is 1020 g/mol. The number of Topliss-reactive ketones (excluding diaryl/α,β-unsaturated/α-hetero) is 4. The fraction of sp³-hybridized carbons (Fsp3) is 0.763. The summed E-state index contributed by atoms with van der Waals surface area (Å²) in [6.07, 6.45) is 2.21. The average molecular weight is 1020 g/mol. The number of nitrogens with two attached hydrogens (primary N) is 5. The van der Waals surface area contributed by atoms with E-state index in [1.165, 1.54) is 11.1 Å². The number of hydrogen-bond donors (Lipinski definition) is 5. The Morgan fingerprint density at radius 1 is 0.500 bits per heavy atom. The van der Waals surface area contributed by atoms with Crippen LogP contribution in [0.15, 0.2) is 36.4 Å². The van der Waals surface area contributed by atoms with Gasteiger partial charge in [-0.1, -0.05) is 189 Å². The van der Waals surface area contributed by atoms with E-state index in [0.29, 0.717) is 68.0 Å². The molecule has 72 heavy (non-hydrogen) atoms. The minimum atomic E-state index is -0.821. The summed E-state index contributed by atoms with van der Waals surface area (Å²) in [6.45, 7) is 46.8. The minimum Gasteiger partial charge on any atom is -0.464 e. The van der Waals surface area contributed by atoms with E-state index in [4.69, 9.17) is 38.1 Å². The molecule has 0 aliphatic carbocycles. The maximum atomic E-state index is 11.7. The fourth-order valence-electron chi connectivity index (χ4n) is 5.96. The van der Waals surface area contributed by atoms with Crippen molar-refractivity contribution < 1.29 is 38.2 Å². The van der Waals surface area contributed by atoms with Crippen LogP contribution in [0, 0.1) is 59.2 Å². The van der Waals surface area contributed by atoms with Gasteiger partial charge in [-0.25, -0.2) is 0 Å². The molecule has 10 N–H and O–H groups in total. The van der Waals surface area contributed by atoms with Gasteiger partial charge >= 0.3 is 11.9 Å². The number of carbonyl (C=O) groups excluding carboxylic acids is 6. The Balaban J connectivity index is -0.000000261. The van der Waals surface area contributed by atoms with Gasteiger partial charge in [0, 0.05) is 42.6 Å². The van der Waals surface area contributed by atoms with Crippen LogP contribution in [-0.2, 0) is 44.7 Å². The van der Waals surface area contributed by atoms with Crippen molar-refractivity contribution in [2.75, 3.05) is 13.2 Å². The lowest BCUT2D eigenvalue weighted by Crippen LogP contribution is -2.36. The third-order valence-corrected chi connectivity index (χ3v) is 11.6. The molecule has 6 atom stereocenters. The summed E-state index contributed by atoms with van der Waals surface area (Å²) < 4.78 is 9.91. The number of rotatable bonds is 26. The van der Waals surface area contributed by atoms with Crippen molar-refractivity contribution >= 4 is 35.1 Å². The van der Waals surface area contributed by atoms with E-state index in [0.717, 1.165) is 12.0 Å². The lowest BCUT2D eigenvalue weighted by Gasteiger charge is -2.27. The standard InChI is InChI=1S/C15H23NO.C12H23NO3.C11H21NO3.C11H23N.C9H19NO.CH4/c1-10(2)13-7-5-12(6-8-13)9-14(16)15(17)11(3)4;1-8(2)7-16-12(15)10(13)5-6-11(14)9(3)4;1-7(2)6-15-11(14)9(12)5-10(13)8(3)4;1-7(2)9(5)11(12)10(6)8(3)4;1-6(2)5-8(10)9(11)7(3)4;/h5-8,10-11,14H,9,16H2,1-4H3;8-10H,5-7,13H2,1-4H3;7-9H,5-6,12H2,1-4H3;7-8,10-11H,5,12H2,1-4,6H3;6-8H,5,10H2,1-4H3;1H4. The van der Waals surface area contributed by atoms with Gasteiger partial charge in [-0.15, -0.1) is 0 Å². The van der Waals surface area contributed by atoms with Gasteiger partial charge in [0.05, 0.1) is 25.3 Å². The van der Waals surface area contributed by atoms with Gasteiger partial charge in [-0.3, -0.25) is 28.8 Å². The normalized spacial score (nSPS) is 13.6. The molecular weight excluding hydrogens is 907 g/mol. The van der Waals surface area contributed by atoms with Gasteiger partial charge in [0.2, 0.25) is 0 Å². The zero-order chi connectivity index (χ0) is 56.6. The Bertz CT molecular complexity index is 1650. The van der Waals surface area contributed by atoms with Crippen molar-refractivity contribution in [3.8, 4) is 0 Å². The first-order valence-corrected chi connectivity index (χ1v) is 26.4. The molecule has 0 spiro atoms. The molecule has 1 aromatic carbocycles. The molecule has 0 saturated carbocycles. The number of ketones is 4. The van der Waals surface area contributed by atoms with Crippen molar-refractivity contribution in [1.29, 1.82) is 0 Å². The molecule has 0 heterocycles. The zero-order valence-electron chi connectivity index (χ0n) is 48.9. The van der Waals surface area contributed by atoms with E-state index in [1.807, 2.05) is 69.2 Å². The smallest absolute Gasteiger partial charge is 0.323 e. The molecule has 13 nitrogen and oxygen atoms in total. The van der Waals surface area contributed by atoms with Crippen LogP contribution in [0.2, 0.25) is 0 Å². The molecule has 0 aliphatic rings. The summed E-state index contributed by atoms with van der Waals surface area (Å²) >= 11 is 0. The van der Waals surface area contributed by atoms with E-state index in [1.54, 1.807) is 13.8 Å². The van der Waals surface area contributed by atoms with Crippen LogP contribution in [0.4, 0.5) is 0 Å². The molecule has 1 rings (SSSR count). The van der Waals surface area contributed by atoms with Gasteiger partial charge in [0.1, 0.15) is 23.7 Å². The Morgan fingerprint density at radius 3 is 1.24 bits per heavy atom. The van der Waals surface area contributed by atoms with Gasteiger partial charge in [0.15, 0.2) is 11.6 Å². The molecular formula is C59H113N5O8. The lowest BCUT2D eigenvalue weighted by molar-refractivity contribution is -0.148. The van der Waals surface area contributed by atoms with Crippen molar-refractivity contribution in [2.24, 2.45) is 87.8 Å². The van der Waals surface area contributed by atoms with E-state index < -0.39 is 24.0 Å². The third-order valence-electron chi connectivity index (χ3n) is 11.6. The van der Waals surface area contributed by atoms with Crippen molar-refractivity contribution in [1.82, 2.24) is 0 Å². The molecule has 0 amide bonds. The summed E-state index contributed by atoms with van der Waals surface area (Å²) in [6, 6.07) is 6.41. The molecule has 6 unspecified atom stereocenters. The van der Waals surface area contributed by atoms with Crippen LogP contribution in [0.25, 0.3) is 0 Å². The number of hydrogen-bond acceptors (Lipinski definition) is 13. The predicted molar refractivity (Wildman–Crippen MR) is 303 cm³/mol. The molecule has 0 aromatic heterocycles. The Labute approximate surface area is 441 Å². The third kappa shape index (κ3) is 38.9. The highest BCUT2D eigenvalue weighted by Crippen LogP contribution is 2.22. The molecule has 0 fully saturated rings. The van der Waals surface area contributed by atoms with Crippen LogP contribution >= 0.6 is 0 Å². The zero-order valence-corrected chi connectivity index (χ0v) is 48.9. The molecule has 13 heteroatoms. The maximum absolute atomic E-state index is 11.7. The second kappa shape index (κ2) is 41.7. The van der Waals surface area contributed by atoms with Crippen molar-refractivity contribution in [2.45, 2.75) is 221 Å². The second-order valence-electron chi connectivity index (χ2n) is 22.7. The Hall–Kier alpha value is -3.62. The molecule has 422 valence electrons. The van der Waals surface area contributed by atoms with E-state index in [2.05, 4.69) is 93.2 Å². The van der Waals surface area contributed by atoms with Crippen LogP contribution in [0.3, 0.4) is 0 Å². The van der Waals surface area contributed by atoms with Crippen LogP contribution < -0.4 is 28.7 Å². The predicted octanol–water partition coefficient (Wildman–Crippen LogP) is 10.6. The lowest BCUT2D eigenvalue weighted by atomic mass is 9.83. The van der Waals surface area contributed by atoms with E-state index >= 15 is 0 Å². The first-order chi connectivity index (χ1) is 32.4. The van der Waals surface area contributed by atoms with Crippen LogP contribution in [0.1, 0.15) is 196 Å². The summed E-state index contributed by atoms with van der Waals surface area (Å²) in [5.41, 5.74) is 32.4.